The molecule has 0 spiro atoms. The first-order chi connectivity index (χ1) is 11.1. The highest BCUT2D eigenvalue weighted by Crippen LogP contribution is 2.20. The van der Waals surface area contributed by atoms with Gasteiger partial charge >= 0.3 is 5.63 Å². The van der Waals surface area contributed by atoms with Crippen LogP contribution >= 0.6 is 15.9 Å². The van der Waals surface area contributed by atoms with Gasteiger partial charge in [-0.1, -0.05) is 33.3 Å². The van der Waals surface area contributed by atoms with Crippen molar-refractivity contribution < 1.29 is 9.21 Å². The Bertz CT molecular complexity index is 1130. The average molecular weight is 370 g/mol. The van der Waals surface area contributed by atoms with E-state index in [9.17, 15) is 9.59 Å². The highest BCUT2D eigenvalue weighted by Gasteiger charge is 2.19. The molecule has 0 aliphatic heterocycles. The smallest absolute Gasteiger partial charge is 0.349 e. The zero-order valence-corrected chi connectivity index (χ0v) is 13.1. The summed E-state index contributed by atoms with van der Waals surface area (Å²) in [4.78, 5) is 24.8. The fourth-order valence-corrected chi connectivity index (χ4v) is 2.76. The monoisotopic (exact) mass is 369 g/mol. The lowest BCUT2D eigenvalue weighted by Crippen LogP contribution is -2.21. The fourth-order valence-electron chi connectivity index (χ4n) is 2.38. The van der Waals surface area contributed by atoms with Crippen LogP contribution in [-0.2, 0) is 0 Å². The standard InChI is InChI=1S/C16H8BrN3O3/c17-10-5-6-14-9(7-10)8-11(16(22)23-14)15(21)20-13-4-2-1-3-12(13)18-19-20/h1-8H. The van der Waals surface area contributed by atoms with Crippen LogP contribution in [-0.4, -0.2) is 20.9 Å². The Kier molecular flexibility index (Phi) is 3.09. The number of carbonyl (C=O) groups excluding carboxylic acids is 1. The van der Waals surface area contributed by atoms with Gasteiger partial charge in [0.25, 0.3) is 5.91 Å². The Hall–Kier alpha value is -2.80. The minimum atomic E-state index is -0.704. The van der Waals surface area contributed by atoms with Crippen molar-refractivity contribution >= 4 is 43.8 Å². The number of hydrogen-bond acceptors (Lipinski definition) is 5. The number of aromatic nitrogens is 3. The highest BCUT2D eigenvalue weighted by molar-refractivity contribution is 9.10. The van der Waals surface area contributed by atoms with Crippen molar-refractivity contribution in [1.29, 1.82) is 0 Å². The topological polar surface area (TPSA) is 78.0 Å². The molecule has 0 aliphatic carbocycles. The van der Waals surface area contributed by atoms with E-state index >= 15 is 0 Å². The summed E-state index contributed by atoms with van der Waals surface area (Å²) in [5.41, 5.74) is 0.730. The predicted molar refractivity (Wildman–Crippen MR) is 87.4 cm³/mol. The minimum Gasteiger partial charge on any atom is -0.422 e. The highest BCUT2D eigenvalue weighted by atomic mass is 79.9. The number of para-hydroxylation sites is 1. The molecule has 0 saturated heterocycles. The van der Waals surface area contributed by atoms with Crippen LogP contribution in [0.4, 0.5) is 0 Å². The molecule has 0 aliphatic rings. The molecule has 0 bridgehead atoms. The van der Waals surface area contributed by atoms with E-state index in [1.54, 1.807) is 42.5 Å². The Morgan fingerprint density at radius 2 is 1.96 bits per heavy atom. The molecule has 2 heterocycles. The second-order valence-electron chi connectivity index (χ2n) is 4.92. The number of nitrogens with zero attached hydrogens (tertiary/aromatic N) is 3. The van der Waals surface area contributed by atoms with Gasteiger partial charge in [-0.25, -0.2) is 4.79 Å². The predicted octanol–water partition coefficient (Wildman–Crippen LogP) is 2.99. The van der Waals surface area contributed by atoms with Crippen LogP contribution in [0.3, 0.4) is 0 Å². The third kappa shape index (κ3) is 2.25. The Morgan fingerprint density at radius 3 is 2.83 bits per heavy atom. The van der Waals surface area contributed by atoms with Gasteiger partial charge in [-0.3, -0.25) is 4.79 Å². The first-order valence-electron chi connectivity index (χ1n) is 6.72. The van der Waals surface area contributed by atoms with Crippen LogP contribution in [0.2, 0.25) is 0 Å². The molecule has 0 unspecified atom stereocenters. The summed E-state index contributed by atoms with van der Waals surface area (Å²) in [6.45, 7) is 0. The summed E-state index contributed by atoms with van der Waals surface area (Å²) in [6.07, 6.45) is 0. The average Bonchev–Trinajstić information content (AvgIpc) is 2.98. The molecule has 0 saturated carbocycles. The van der Waals surface area contributed by atoms with E-state index in [0.29, 0.717) is 22.0 Å². The normalized spacial score (nSPS) is 11.2. The molecule has 2 aromatic heterocycles. The number of rotatable bonds is 1. The maximum absolute atomic E-state index is 12.7. The number of carbonyl (C=O) groups is 1. The fraction of sp³-hybridized carbons (Fsp3) is 0. The number of halogens is 1. The maximum Gasteiger partial charge on any atom is 0.349 e. The van der Waals surface area contributed by atoms with Crippen molar-refractivity contribution in [3.05, 3.63) is 69.0 Å². The van der Waals surface area contributed by atoms with Crippen molar-refractivity contribution in [2.75, 3.05) is 0 Å². The Balaban J connectivity index is 1.92. The van der Waals surface area contributed by atoms with Crippen molar-refractivity contribution in [3.8, 4) is 0 Å². The van der Waals surface area contributed by atoms with Gasteiger partial charge in [-0.2, -0.15) is 4.68 Å². The summed E-state index contributed by atoms with van der Waals surface area (Å²) < 4.78 is 7.15. The number of benzene rings is 2. The Labute approximate surface area is 137 Å². The van der Waals surface area contributed by atoms with Crippen molar-refractivity contribution in [2.45, 2.75) is 0 Å². The third-order valence-corrected chi connectivity index (χ3v) is 3.96. The lowest BCUT2D eigenvalue weighted by molar-refractivity contribution is 0.0944. The van der Waals surface area contributed by atoms with Crippen molar-refractivity contribution in [1.82, 2.24) is 15.0 Å². The van der Waals surface area contributed by atoms with E-state index in [1.165, 1.54) is 6.07 Å². The lowest BCUT2D eigenvalue weighted by Gasteiger charge is -2.02. The molecule has 23 heavy (non-hydrogen) atoms. The van der Waals surface area contributed by atoms with Gasteiger partial charge in [-0.15, -0.1) is 5.10 Å². The van der Waals surface area contributed by atoms with Crippen LogP contribution in [0, 0.1) is 0 Å². The Morgan fingerprint density at radius 1 is 1.13 bits per heavy atom. The second kappa shape index (κ2) is 5.13. The van der Waals surface area contributed by atoms with Crippen molar-refractivity contribution in [3.63, 3.8) is 0 Å². The summed E-state index contributed by atoms with van der Waals surface area (Å²) in [5.74, 6) is -0.575. The van der Waals surface area contributed by atoms with Gasteiger partial charge in [0.1, 0.15) is 16.7 Å². The maximum atomic E-state index is 12.7. The van der Waals surface area contributed by atoms with E-state index in [4.69, 9.17) is 4.42 Å². The molecule has 0 fully saturated rings. The van der Waals surface area contributed by atoms with Gasteiger partial charge in [0.2, 0.25) is 0 Å². The molecular formula is C16H8BrN3O3. The number of fused-ring (bicyclic) bond motifs is 2. The van der Waals surface area contributed by atoms with Crippen LogP contribution < -0.4 is 5.63 Å². The van der Waals surface area contributed by atoms with E-state index in [2.05, 4.69) is 26.2 Å². The van der Waals surface area contributed by atoms with E-state index in [1.807, 2.05) is 0 Å². The van der Waals surface area contributed by atoms with Crippen LogP contribution in [0.15, 0.2) is 62.2 Å². The molecule has 112 valence electrons. The molecule has 0 amide bonds. The zero-order chi connectivity index (χ0) is 16.0. The van der Waals surface area contributed by atoms with Crippen LogP contribution in [0.5, 0.6) is 0 Å². The first kappa shape index (κ1) is 13.8. The van der Waals surface area contributed by atoms with Gasteiger partial charge in [0, 0.05) is 9.86 Å². The van der Waals surface area contributed by atoms with E-state index in [0.717, 1.165) is 9.15 Å². The summed E-state index contributed by atoms with van der Waals surface area (Å²) in [6, 6.07) is 13.7. The molecule has 7 heteroatoms. The van der Waals surface area contributed by atoms with Crippen LogP contribution in [0.25, 0.3) is 22.0 Å². The van der Waals surface area contributed by atoms with Crippen molar-refractivity contribution in [2.24, 2.45) is 0 Å². The molecule has 4 rings (SSSR count). The molecule has 2 aromatic carbocycles. The van der Waals surface area contributed by atoms with Gasteiger partial charge in [0.05, 0.1) is 5.52 Å². The molecule has 4 aromatic rings. The molecule has 0 atom stereocenters. The molecule has 0 radical (unpaired) electrons. The summed E-state index contributed by atoms with van der Waals surface area (Å²) in [5, 5.41) is 8.41. The third-order valence-electron chi connectivity index (χ3n) is 3.47. The zero-order valence-electron chi connectivity index (χ0n) is 11.6. The van der Waals surface area contributed by atoms with Crippen LogP contribution in [0.1, 0.15) is 10.4 Å². The largest absolute Gasteiger partial charge is 0.422 e. The summed E-state index contributed by atoms with van der Waals surface area (Å²) >= 11 is 3.35. The molecule has 0 N–H and O–H groups in total. The minimum absolute atomic E-state index is 0.0914. The lowest BCUT2D eigenvalue weighted by atomic mass is 10.2. The molecular weight excluding hydrogens is 362 g/mol. The van der Waals surface area contributed by atoms with E-state index in [-0.39, 0.29) is 5.56 Å². The van der Waals surface area contributed by atoms with Gasteiger partial charge < -0.3 is 4.42 Å². The quantitative estimate of drug-likeness (QED) is 0.482. The molecule has 6 nitrogen and oxygen atoms in total. The second-order valence-corrected chi connectivity index (χ2v) is 5.84. The summed E-state index contributed by atoms with van der Waals surface area (Å²) in [7, 11) is 0. The van der Waals surface area contributed by atoms with Gasteiger partial charge in [0.15, 0.2) is 0 Å². The first-order valence-corrected chi connectivity index (χ1v) is 7.51. The number of hydrogen-bond donors (Lipinski definition) is 0. The van der Waals surface area contributed by atoms with E-state index < -0.39 is 11.5 Å². The van der Waals surface area contributed by atoms with Gasteiger partial charge in [-0.05, 0) is 36.4 Å². The SMILES string of the molecule is O=C(c1cc2cc(Br)ccc2oc1=O)n1nnc2ccccc21.